The molecule has 0 amide bonds. The second-order valence-electron chi connectivity index (χ2n) is 28.5. The summed E-state index contributed by atoms with van der Waals surface area (Å²) in [6.45, 7) is 4.15. The molecule has 852 valence electrons. The molecule has 149 heavy (non-hydrogen) atoms. The summed E-state index contributed by atoms with van der Waals surface area (Å²) in [6.07, 6.45) is -2.24. The third-order valence-electron chi connectivity index (χ3n) is 18.7. The average Bonchev–Trinajstić information content (AvgIpc) is 1.64. The van der Waals surface area contributed by atoms with Crippen molar-refractivity contribution in [2.45, 2.75) is 196 Å². The predicted molar refractivity (Wildman–Crippen MR) is 681 cm³/mol. The van der Waals surface area contributed by atoms with Gasteiger partial charge in [0.2, 0.25) is 0 Å². The molecule has 1 unspecified atom stereocenters. The highest BCUT2D eigenvalue weighted by Gasteiger charge is 2.48. The number of carboxylic acids is 2. The monoisotopic (exact) mass is 2900 g/mol. The number of carboxylic acid groups (broad SMARTS) is 2. The summed E-state index contributed by atoms with van der Waals surface area (Å²) in [6, 6.07) is 19.2. The van der Waals surface area contributed by atoms with Gasteiger partial charge in [-0.3, -0.25) is 14.1 Å². The van der Waals surface area contributed by atoms with E-state index in [0.717, 1.165) is 61.2 Å². The van der Waals surface area contributed by atoms with E-state index in [1.54, 1.807) is 297 Å². The number of hydrogen-bond donors (Lipinski definition) is 12. The normalized spacial score (nSPS) is 20.2. The fraction of sp³-hybridized carbons (Fsp3) is 0.547. The van der Waals surface area contributed by atoms with Gasteiger partial charge in [0.25, 0.3) is 10.1 Å². The smallest absolute Gasteiger partial charge is 0.416 e. The largest absolute Gasteiger partial charge is 0.491 e. The quantitative estimate of drug-likeness (QED) is 0.0109. The first kappa shape index (κ1) is 149. The number of alkyl halides is 9. The summed E-state index contributed by atoms with van der Waals surface area (Å²) < 4.78 is 176. The third-order valence-corrected chi connectivity index (χ3v) is 92.9. The number of rotatable bonds is 28. The van der Waals surface area contributed by atoms with Gasteiger partial charge in [0.1, 0.15) is 55.4 Å². The molecule has 9 rings (SSSR count). The highest BCUT2D eigenvalue weighted by molar-refractivity contribution is 8.78. The first-order valence-corrected chi connectivity index (χ1v) is 94.4. The van der Waals surface area contributed by atoms with Crippen LogP contribution in [0.15, 0.2) is 151 Å². The van der Waals surface area contributed by atoms with E-state index in [9.17, 15) is 103 Å². The molecule has 74 heteroatoms. The summed E-state index contributed by atoms with van der Waals surface area (Å²) in [5.74, 6) is -3.18. The molecule has 5 aliphatic rings. The number of ether oxygens (including phenoxy) is 6. The van der Waals surface area contributed by atoms with Crippen LogP contribution in [0.2, 0.25) is 0 Å². The standard InChI is InChI=1S/C23H29F3O6.C20H25F3O6.C18H21F3O5.C7H8O3S.C6H12O2.CH4.S15.S14.S13/c24-23(25,26)15-6-5-7-17(12-15)32-14-16(27)10-11-19-18(20(28)13-21(19)29)8-3-1-2-4-9-22(30)31;21-20(22,23)12-2-1-3-14(8-12)29-11-13(24)4-5-15-16(18(26)10-17(15)25)9-19-27-6-7-28-19;19-18(20,21)10-2-1-3-12(6-10)25-9-11(22)4-5-13-14-7-17(24)26-16(14)8-15(13)23;1-6-2-4-7(5-3-6)11(8,9)10;1-2-3-4-5-6(7)8;;1-3-5-7-9-11-13-15-14-12-10-8-6-4-2;1-3-5-7-9-11-13-14-12-10-8-6-4-2;1-3-5-7-9-11-13-12-10-8-6-4-2/h1,3,5-7,10-12,16,18-21,27-29H,2,4,8-9,13-14H2,(H,30,31);1-5,8,13,15-19,24-26H,6-7,9-11H2;1-6,11,13-17,22-24H,7-9H2;2-5H,1H3,(H,8,9,10);2-5H2,1H3,(H,7,8);1H4;;;/b3-1-,11-10+;2*5-4+;;;;;;/t16-,18-,19-,20+,21-;13-,15-,16-,17-,18+;11-,13-,14-,15-,16+,17?;;;;;;/m111....../s1. The fourth-order valence-corrected chi connectivity index (χ4v) is 95.4. The van der Waals surface area contributed by atoms with Crippen LogP contribution >= 0.6 is 0 Å². The van der Waals surface area contributed by atoms with Crippen molar-refractivity contribution in [1.29, 1.82) is 0 Å². The van der Waals surface area contributed by atoms with Crippen LogP contribution in [0.1, 0.15) is 120 Å². The van der Waals surface area contributed by atoms with Crippen LogP contribution in [0.25, 0.3) is 0 Å². The zero-order valence-electron chi connectivity index (χ0n) is 75.3. The summed E-state index contributed by atoms with van der Waals surface area (Å²) in [7, 11) is 55.7. The van der Waals surface area contributed by atoms with Crippen molar-refractivity contribution in [3.63, 3.8) is 0 Å². The zero-order chi connectivity index (χ0) is 110. The summed E-state index contributed by atoms with van der Waals surface area (Å²) in [5, 5.41) is 107. The zero-order valence-corrected chi connectivity index (χ0v) is 110. The van der Waals surface area contributed by atoms with Crippen molar-refractivity contribution in [3.05, 3.63) is 168 Å². The molecule has 4 aromatic rings. The second-order valence-corrected chi connectivity index (χ2v) is 93.6. The summed E-state index contributed by atoms with van der Waals surface area (Å²) in [4.78, 5) is 20.3. The Hall–Kier alpha value is 2.22. The maximum Gasteiger partial charge on any atom is 0.416 e. The molecule has 22 nitrogen and oxygen atoms in total. The van der Waals surface area contributed by atoms with Crippen LogP contribution in [0.4, 0.5) is 39.5 Å². The molecule has 5 fully saturated rings. The molecule has 2 saturated heterocycles. The van der Waals surface area contributed by atoms with Gasteiger partial charge in [-0.15, -0.1) is 0 Å². The van der Waals surface area contributed by atoms with Crippen molar-refractivity contribution >= 4 is 409 Å². The molecule has 3 saturated carbocycles. The number of allylic oxidation sites excluding steroid dienone is 2. The van der Waals surface area contributed by atoms with Crippen molar-refractivity contribution in [3.8, 4) is 17.2 Å². The van der Waals surface area contributed by atoms with Crippen LogP contribution in [0.3, 0.4) is 0 Å². The van der Waals surface area contributed by atoms with Gasteiger partial charge in [0.15, 0.2) is 12.6 Å². The molecule has 2 aliphatic heterocycles. The predicted octanol–water partition coefficient (Wildman–Crippen LogP) is 11.2. The highest BCUT2D eigenvalue weighted by atomic mass is 33.5. The number of unbranched alkanes of at least 4 members (excludes halogenated alkanes) is 3. The molecule has 2 heterocycles. The van der Waals surface area contributed by atoms with Crippen LogP contribution in [0.5, 0.6) is 17.2 Å². The number of aliphatic hydroxyl groups is 9. The fourth-order valence-electron chi connectivity index (χ4n) is 12.6. The average molecular weight is 2900 g/mol. The highest BCUT2D eigenvalue weighted by Crippen LogP contribution is 2.44. The molecule has 3 aliphatic carbocycles. The van der Waals surface area contributed by atoms with E-state index in [4.69, 9.17) is 110 Å². The van der Waals surface area contributed by atoms with Crippen LogP contribution in [-0.4, -0.2) is 182 Å². The van der Waals surface area contributed by atoms with E-state index in [1.807, 2.05) is 19.1 Å². The van der Waals surface area contributed by atoms with E-state index >= 15 is 0 Å². The van der Waals surface area contributed by atoms with Gasteiger partial charge < -0.3 is 84.6 Å². The Labute approximate surface area is 989 Å². The Bertz CT molecular complexity index is 6740. The van der Waals surface area contributed by atoms with Crippen LogP contribution in [0, 0.1) is 42.4 Å². The van der Waals surface area contributed by atoms with Gasteiger partial charge in [-0.05, 0) is 117 Å². The number of carbonyl (C=O) groups is 2. The van der Waals surface area contributed by atoms with Gasteiger partial charge in [-0.25, -0.2) is 0 Å². The van der Waals surface area contributed by atoms with Gasteiger partial charge >= 0.3 is 30.5 Å². The molecule has 0 spiro atoms. The lowest BCUT2D eigenvalue weighted by Gasteiger charge is -2.23. The molecular formula is C75H99F9O22S43. The summed E-state index contributed by atoms with van der Waals surface area (Å²) in [5.41, 5.74) is -1.54. The lowest BCUT2D eigenvalue weighted by molar-refractivity contribution is -0.138. The Balaban J connectivity index is 0.000000884. The maximum absolute atomic E-state index is 12.8. The molecule has 4 aromatic carbocycles. The Morgan fingerprint density at radius 3 is 1.07 bits per heavy atom. The number of aliphatic carboxylic acids is 2. The van der Waals surface area contributed by atoms with Crippen molar-refractivity contribution in [1.82, 2.24) is 0 Å². The van der Waals surface area contributed by atoms with Gasteiger partial charge in [-0.1, -0.05) is 112 Å². The molecule has 0 radical (unpaired) electrons. The van der Waals surface area contributed by atoms with Gasteiger partial charge in [0, 0.05) is 450 Å². The molecule has 0 aromatic heterocycles. The van der Waals surface area contributed by atoms with Crippen LogP contribution < -0.4 is 14.2 Å². The third kappa shape index (κ3) is 74.7. The van der Waals surface area contributed by atoms with Crippen molar-refractivity contribution in [2.75, 3.05) is 33.0 Å². The number of aliphatic hydroxyl groups excluding tert-OH is 9. The number of benzene rings is 4. The lowest BCUT2D eigenvalue weighted by Crippen LogP contribution is -2.26. The van der Waals surface area contributed by atoms with E-state index in [-0.39, 0.29) is 98.4 Å². The summed E-state index contributed by atoms with van der Waals surface area (Å²) >= 11 is 28.3. The topological polar surface area (TPSA) is 366 Å². The molecular weight excluding hydrogens is 2800 g/mol. The first-order valence-electron chi connectivity index (χ1n) is 40.9. The SMILES string of the molecule is C.CCCCCC(=O)O.Cc1ccc(S(=O)(=O)O)cc1.O=C(O)CCC/C=C\C[C@@H]1[C@@H](/C=C/[C@@H](O)COc2cccc(C(F)(F)F)c2)[C@H](O)C[C@@H]1O.OC1C[C@@H]2[C@@H](/C=C/[C@@H](O)COc3cccc(C(F)(F)F)c3)[C@H](O)C[C@@H]2O1.O[C@H](/C=C/[C@@H]1[C@@H](CC2OCCO2)[C@@H](O)C[C@H]1O)COc1cccc(C(F)(F)F)c1.S=S=S=S=S=S=S=S=S=S=S=S=S.S=S=S=S=S=S=S=S=S=S=S=S=S=S.S=S=S=S=S=S=S=S=S=S=S=S=S=S=S. The van der Waals surface area contributed by atoms with E-state index in [2.05, 4.69) is 6.92 Å². The Kier molecular flexibility index (Phi) is 91.6. The van der Waals surface area contributed by atoms with Crippen molar-refractivity contribution in [2.24, 2.45) is 35.5 Å². The van der Waals surface area contributed by atoms with E-state index < -0.39 is 131 Å². The minimum Gasteiger partial charge on any atom is -0.491 e. The Morgan fingerprint density at radius 2 is 0.745 bits per heavy atom. The first-order chi connectivity index (χ1) is 70.6. The minimum absolute atomic E-state index is 0. The minimum atomic E-state index is -4.49. The van der Waals surface area contributed by atoms with E-state index in [0.29, 0.717) is 58.2 Å². The molecule has 12 N–H and O–H groups in total. The number of halogens is 9. The van der Waals surface area contributed by atoms with Crippen LogP contribution in [-0.2, 0) is 439 Å². The maximum atomic E-state index is 12.8. The Morgan fingerprint density at radius 1 is 0.430 bits per heavy atom. The lowest BCUT2D eigenvalue weighted by atomic mass is 9.89. The van der Waals surface area contributed by atoms with E-state index in [1.165, 1.54) is 120 Å². The number of hydrogen-bond acceptors (Lipinski definition) is 25. The number of fused-ring (bicyclic) bond motifs is 1. The molecule has 0 bridgehead atoms. The number of aryl methyl sites for hydroxylation is 1. The van der Waals surface area contributed by atoms with Gasteiger partial charge in [0.05, 0.1) is 71.4 Å². The second kappa shape index (κ2) is 91.5. The van der Waals surface area contributed by atoms with Crippen molar-refractivity contribution < 1.29 is 147 Å². The molecule has 16 atom stereocenters. The van der Waals surface area contributed by atoms with Gasteiger partial charge in [-0.2, -0.15) is 47.9 Å².